The van der Waals surface area contributed by atoms with Gasteiger partial charge in [0.1, 0.15) is 0 Å². The number of carbonyl (C=O) groups is 1. The van der Waals surface area contributed by atoms with Crippen LogP contribution in [0, 0.1) is 0 Å². The molecule has 0 aromatic carbocycles. The van der Waals surface area contributed by atoms with Gasteiger partial charge in [-0.15, -0.1) is 0 Å². The summed E-state index contributed by atoms with van der Waals surface area (Å²) in [6, 6.07) is 0.784. The summed E-state index contributed by atoms with van der Waals surface area (Å²) in [6.45, 7) is 10.6. The number of aliphatic carboxylic acids is 1. The van der Waals surface area contributed by atoms with Gasteiger partial charge in [0.25, 0.3) is 0 Å². The van der Waals surface area contributed by atoms with Gasteiger partial charge in [0.2, 0.25) is 0 Å². The van der Waals surface area contributed by atoms with Gasteiger partial charge in [-0.2, -0.15) is 0 Å². The van der Waals surface area contributed by atoms with Crippen LogP contribution in [0.2, 0.25) is 0 Å². The second kappa shape index (κ2) is 37.5. The van der Waals surface area contributed by atoms with Crippen molar-refractivity contribution in [2.75, 3.05) is 13.6 Å². The first-order valence-electron chi connectivity index (χ1n) is 19.0. The summed E-state index contributed by atoms with van der Waals surface area (Å²) in [6.07, 6.45) is 40.3. The highest BCUT2D eigenvalue weighted by atomic mass is 16.4. The molecule has 0 aromatic heterocycles. The lowest BCUT2D eigenvalue weighted by Crippen LogP contribution is -3.12. The fraction of sp³-hybridized carbons (Fsp3) is 0.974. The minimum atomic E-state index is -0.903. The molecule has 3 heteroatoms. The smallest absolute Gasteiger partial charge is 0.0815 e. The summed E-state index contributed by atoms with van der Waals surface area (Å²) in [5, 5.41) is 10.2. The lowest BCUT2D eigenvalue weighted by Gasteiger charge is -2.17. The van der Waals surface area contributed by atoms with Crippen LogP contribution in [0.3, 0.4) is 0 Å². The van der Waals surface area contributed by atoms with Crippen LogP contribution < -0.4 is 10.0 Å². The van der Waals surface area contributed by atoms with Crippen LogP contribution in [0.25, 0.3) is 0 Å². The maximum atomic E-state index is 10.2. The van der Waals surface area contributed by atoms with Crippen molar-refractivity contribution >= 4 is 5.97 Å². The van der Waals surface area contributed by atoms with Crippen molar-refractivity contribution in [3.8, 4) is 0 Å². The molecule has 0 aliphatic rings. The van der Waals surface area contributed by atoms with Gasteiger partial charge in [-0.05, 0) is 39.5 Å². The third kappa shape index (κ3) is 41.6. The fourth-order valence-corrected chi connectivity index (χ4v) is 5.53. The second-order valence-corrected chi connectivity index (χ2v) is 13.4. The number of unbranched alkanes of at least 4 members (excludes halogenated alkanes) is 27. The van der Waals surface area contributed by atoms with E-state index < -0.39 is 5.97 Å². The molecule has 0 radical (unpaired) electrons. The van der Waals surface area contributed by atoms with Gasteiger partial charge in [-0.3, -0.25) is 0 Å². The van der Waals surface area contributed by atoms with Crippen LogP contribution in [0.5, 0.6) is 0 Å². The standard InChI is InChI=1S/C20H43N.C18H36O2/c1-5-6-7-8-9-10-11-12-13-14-15-16-17-18-19-21(4)20(2)3;1-2-3-4-5-6-7-8-9-10-11-12-13-14-15-16-17-18(19)20/h20H,5-19H2,1-4H3;2-17H2,1H3,(H,19,20). The van der Waals surface area contributed by atoms with E-state index >= 15 is 0 Å². The third-order valence-electron chi connectivity index (χ3n) is 8.89. The molecule has 248 valence electrons. The topological polar surface area (TPSA) is 44.6 Å². The van der Waals surface area contributed by atoms with Gasteiger partial charge in [-0.1, -0.05) is 181 Å². The average molecular weight is 582 g/mol. The first-order valence-corrected chi connectivity index (χ1v) is 19.0. The van der Waals surface area contributed by atoms with E-state index in [2.05, 4.69) is 34.7 Å². The molecule has 0 aliphatic carbocycles. The summed E-state index contributed by atoms with van der Waals surface area (Å²) in [7, 11) is 2.33. The molecule has 0 spiro atoms. The van der Waals surface area contributed by atoms with Gasteiger partial charge in [0.15, 0.2) is 0 Å². The molecule has 0 bridgehead atoms. The number of nitrogens with one attached hydrogen (secondary N) is 1. The minimum Gasteiger partial charge on any atom is -0.550 e. The first kappa shape index (κ1) is 42.6. The summed E-state index contributed by atoms with van der Waals surface area (Å²) in [4.78, 5) is 11.9. The summed E-state index contributed by atoms with van der Waals surface area (Å²) >= 11 is 0. The molecule has 3 nitrogen and oxygen atoms in total. The van der Waals surface area contributed by atoms with E-state index in [0.29, 0.717) is 0 Å². The quantitative estimate of drug-likeness (QED) is 0.0803. The molecule has 0 fully saturated rings. The van der Waals surface area contributed by atoms with Crippen LogP contribution in [0.15, 0.2) is 0 Å². The van der Waals surface area contributed by atoms with Crippen molar-refractivity contribution < 1.29 is 14.8 Å². The minimum absolute atomic E-state index is 0.234. The van der Waals surface area contributed by atoms with Gasteiger partial charge in [-0.25, -0.2) is 0 Å². The van der Waals surface area contributed by atoms with E-state index in [9.17, 15) is 9.90 Å². The molecular formula is C38H79NO2. The highest BCUT2D eigenvalue weighted by Crippen LogP contribution is 2.14. The molecule has 0 saturated heterocycles. The zero-order valence-electron chi connectivity index (χ0n) is 29.3. The number of rotatable bonds is 32. The van der Waals surface area contributed by atoms with Crippen LogP contribution in [-0.2, 0) is 4.79 Å². The number of carbonyl (C=O) groups excluding carboxylic acids is 1. The van der Waals surface area contributed by atoms with Crippen molar-refractivity contribution in [3.63, 3.8) is 0 Å². The summed E-state index contributed by atoms with van der Waals surface area (Å²) in [5.41, 5.74) is 0. The molecule has 1 unspecified atom stereocenters. The molecule has 0 aliphatic heterocycles. The molecule has 0 heterocycles. The molecule has 1 N–H and O–H groups in total. The lowest BCUT2D eigenvalue weighted by atomic mass is 10.0. The molecule has 1 atom stereocenters. The normalized spacial score (nSPS) is 12.0. The summed E-state index contributed by atoms with van der Waals surface area (Å²) in [5.74, 6) is -0.903. The van der Waals surface area contributed by atoms with Crippen LogP contribution in [0.4, 0.5) is 0 Å². The van der Waals surface area contributed by atoms with Crippen molar-refractivity contribution in [1.82, 2.24) is 0 Å². The Bertz CT molecular complexity index is 479. The largest absolute Gasteiger partial charge is 0.550 e. The molecule has 0 aromatic rings. The van der Waals surface area contributed by atoms with E-state index in [4.69, 9.17) is 0 Å². The number of hydrogen-bond donors (Lipinski definition) is 1. The lowest BCUT2D eigenvalue weighted by molar-refractivity contribution is -0.902. The Hall–Kier alpha value is -0.570. The van der Waals surface area contributed by atoms with Crippen LogP contribution >= 0.6 is 0 Å². The molecule has 0 rings (SSSR count). The van der Waals surface area contributed by atoms with Crippen LogP contribution in [0.1, 0.15) is 220 Å². The van der Waals surface area contributed by atoms with Crippen LogP contribution in [-0.4, -0.2) is 25.6 Å². The van der Waals surface area contributed by atoms with Crippen molar-refractivity contribution in [2.45, 2.75) is 226 Å². The second-order valence-electron chi connectivity index (χ2n) is 13.4. The Morgan fingerprint density at radius 2 is 0.707 bits per heavy atom. The van der Waals surface area contributed by atoms with Gasteiger partial charge < -0.3 is 14.8 Å². The Morgan fingerprint density at radius 1 is 0.463 bits per heavy atom. The van der Waals surface area contributed by atoms with E-state index in [1.54, 1.807) is 4.90 Å². The van der Waals surface area contributed by atoms with E-state index in [0.717, 1.165) is 18.9 Å². The van der Waals surface area contributed by atoms with Crippen molar-refractivity contribution in [2.24, 2.45) is 0 Å². The maximum absolute atomic E-state index is 10.2. The number of carboxylic acid groups (broad SMARTS) is 1. The zero-order valence-corrected chi connectivity index (χ0v) is 29.3. The average Bonchev–Trinajstić information content (AvgIpc) is 2.95. The van der Waals surface area contributed by atoms with Gasteiger partial charge in [0.05, 0.1) is 19.6 Å². The van der Waals surface area contributed by atoms with E-state index in [1.165, 1.54) is 180 Å². The molecule has 0 amide bonds. The Kier molecular flexibility index (Phi) is 38.9. The third-order valence-corrected chi connectivity index (χ3v) is 8.89. The number of hydrogen-bond acceptors (Lipinski definition) is 2. The summed E-state index contributed by atoms with van der Waals surface area (Å²) < 4.78 is 0. The predicted octanol–water partition coefficient (Wildman–Crippen LogP) is 10.4. The first-order chi connectivity index (χ1) is 20.0. The molecule has 41 heavy (non-hydrogen) atoms. The van der Waals surface area contributed by atoms with Crippen molar-refractivity contribution in [1.29, 1.82) is 0 Å². The Balaban J connectivity index is 0. The maximum Gasteiger partial charge on any atom is 0.0815 e. The SMILES string of the molecule is CCCCCCCCCCCCCCCCCC(=O)[O-].CCCCCCCCCCCCCCCC[NH+](C)C(C)C. The fourth-order valence-electron chi connectivity index (χ4n) is 5.53. The highest BCUT2D eigenvalue weighted by Gasteiger charge is 2.05. The van der Waals surface area contributed by atoms with E-state index in [-0.39, 0.29) is 6.42 Å². The number of carboxylic acids is 1. The van der Waals surface area contributed by atoms with E-state index in [1.807, 2.05) is 0 Å². The highest BCUT2D eigenvalue weighted by molar-refractivity contribution is 5.64. The van der Waals surface area contributed by atoms with Crippen molar-refractivity contribution in [3.05, 3.63) is 0 Å². The van der Waals surface area contributed by atoms with Gasteiger partial charge in [0, 0.05) is 5.97 Å². The Morgan fingerprint density at radius 3 is 0.951 bits per heavy atom. The molecular weight excluding hydrogens is 502 g/mol. The monoisotopic (exact) mass is 582 g/mol. The zero-order chi connectivity index (χ0) is 30.7. The van der Waals surface area contributed by atoms with Gasteiger partial charge >= 0.3 is 0 Å². The molecule has 0 saturated carbocycles. The number of quaternary nitrogens is 1. The Labute approximate surface area is 260 Å². The predicted molar refractivity (Wildman–Crippen MR) is 182 cm³/mol.